The number of hydrogen-bond donors (Lipinski definition) is 0. The zero-order valence-electron chi connectivity index (χ0n) is 30.5. The molecule has 1 amide bonds. The lowest BCUT2D eigenvalue weighted by atomic mass is 9.47. The maximum atomic E-state index is 14.3. The van der Waals surface area contributed by atoms with Crippen LogP contribution in [-0.2, 0) is 14.3 Å². The first-order valence-electron chi connectivity index (χ1n) is 19.3. The van der Waals surface area contributed by atoms with Crippen LogP contribution in [-0.4, -0.2) is 50.2 Å². The highest BCUT2D eigenvalue weighted by atomic mass is 16.5. The summed E-state index contributed by atoms with van der Waals surface area (Å²) >= 11 is 0. The van der Waals surface area contributed by atoms with Crippen molar-refractivity contribution in [1.82, 2.24) is 4.90 Å². The summed E-state index contributed by atoms with van der Waals surface area (Å²) in [6.45, 7) is 15.6. The van der Waals surface area contributed by atoms with E-state index in [-0.39, 0.29) is 22.7 Å². The van der Waals surface area contributed by atoms with Crippen molar-refractivity contribution in [2.75, 3.05) is 33.4 Å². The van der Waals surface area contributed by atoms with Crippen molar-refractivity contribution in [3.63, 3.8) is 0 Å². The molecule has 6 rings (SSSR count). The molecule has 0 bridgehead atoms. The summed E-state index contributed by atoms with van der Waals surface area (Å²) in [5.41, 5.74) is 3.87. The van der Waals surface area contributed by atoms with Gasteiger partial charge in [-0.3, -0.25) is 4.79 Å². The minimum absolute atomic E-state index is 0.0291. The number of allylic oxidation sites excluding steroid dienone is 2. The molecule has 5 nitrogen and oxygen atoms in total. The largest absolute Gasteiger partial charge is 0.465 e. The van der Waals surface area contributed by atoms with Gasteiger partial charge in [0.15, 0.2) is 0 Å². The van der Waals surface area contributed by atoms with E-state index >= 15 is 0 Å². The Bertz CT molecular complexity index is 1290. The molecule has 1 heterocycles. The Morgan fingerprint density at radius 3 is 2.32 bits per heavy atom. The summed E-state index contributed by atoms with van der Waals surface area (Å²) in [6.07, 6.45) is 18.8. The number of esters is 1. The van der Waals surface area contributed by atoms with Crippen LogP contribution in [0.5, 0.6) is 0 Å². The third kappa shape index (κ3) is 6.49. The third-order valence-electron chi connectivity index (χ3n) is 14.7. The van der Waals surface area contributed by atoms with Crippen LogP contribution >= 0.6 is 0 Å². The van der Waals surface area contributed by atoms with E-state index in [4.69, 9.17) is 9.47 Å². The summed E-state index contributed by atoms with van der Waals surface area (Å²) in [7, 11) is 1.45. The Hall–Kier alpha value is -2.14. The second kappa shape index (κ2) is 14.0. The molecule has 3 saturated carbocycles. The van der Waals surface area contributed by atoms with Crippen LogP contribution < -0.4 is 0 Å². The highest BCUT2D eigenvalue weighted by Gasteiger charge is 2.55. The van der Waals surface area contributed by atoms with Crippen LogP contribution in [0.4, 0.5) is 0 Å². The Balaban J connectivity index is 1.30. The molecule has 0 radical (unpaired) electrons. The number of fused-ring (bicyclic) bond motifs is 4. The predicted molar refractivity (Wildman–Crippen MR) is 190 cm³/mol. The topological polar surface area (TPSA) is 55.8 Å². The molecule has 1 aromatic rings. The standard InChI is InChI=1S/C42H63NO4/c1-7-32-18-19-35-37-30(11-8-9-12-33(37)38(44)43-25-27-47-28-26-43)20-23-41(35,4)22-10-13-36-40(2,3)34(21-24-42(32,36)5)29-14-16-31(17-15-29)39(45)46-6/h14-17,21,30,32-33,35-37H,7-13,18-20,22-28H2,1-6H3/t30-,32+,33+,35+,36-,37+,41+,42+/m0/s1. The molecule has 4 fully saturated rings. The number of morpholine rings is 1. The SMILES string of the molecule is CC[C@@H]1CC[C@@H]2[C@@H]3[C@@H](CCCC[C@H]3C(=O)N3CCOCC3)CC[C@@]2(C)CCC[C@H]2C(C)(C)C(c3ccc(C(=O)OC)cc3)=CC[C@]12C. The molecule has 5 aliphatic rings. The van der Waals surface area contributed by atoms with E-state index < -0.39 is 0 Å². The number of carbonyl (C=O) groups is 2. The molecule has 5 heteroatoms. The number of ether oxygens (including phenoxy) is 2. The third-order valence-corrected chi connectivity index (χ3v) is 14.7. The number of benzene rings is 1. The average Bonchev–Trinajstić information content (AvgIpc) is 3.29. The molecule has 0 unspecified atom stereocenters. The first-order valence-corrected chi connectivity index (χ1v) is 19.3. The van der Waals surface area contributed by atoms with Crippen LogP contribution in [0.2, 0.25) is 0 Å². The molecule has 0 spiro atoms. The van der Waals surface area contributed by atoms with Crippen molar-refractivity contribution in [3.05, 3.63) is 41.5 Å². The zero-order chi connectivity index (χ0) is 33.4. The molecule has 0 N–H and O–H groups in total. The predicted octanol–water partition coefficient (Wildman–Crippen LogP) is 9.60. The fraction of sp³-hybridized carbons (Fsp3) is 0.762. The van der Waals surface area contributed by atoms with Crippen molar-refractivity contribution < 1.29 is 19.1 Å². The van der Waals surface area contributed by atoms with Crippen LogP contribution in [0.3, 0.4) is 0 Å². The molecule has 0 aromatic heterocycles. The van der Waals surface area contributed by atoms with Crippen molar-refractivity contribution >= 4 is 17.4 Å². The quantitative estimate of drug-likeness (QED) is 0.306. The molecular weight excluding hydrogens is 582 g/mol. The summed E-state index contributed by atoms with van der Waals surface area (Å²) < 4.78 is 10.6. The van der Waals surface area contributed by atoms with Crippen LogP contribution in [0.15, 0.2) is 30.3 Å². The smallest absolute Gasteiger partial charge is 0.337 e. The fourth-order valence-corrected chi connectivity index (χ4v) is 12.1. The fourth-order valence-electron chi connectivity index (χ4n) is 12.1. The maximum absolute atomic E-state index is 14.3. The van der Waals surface area contributed by atoms with Crippen molar-refractivity contribution in [2.45, 2.75) is 118 Å². The molecule has 8 atom stereocenters. The molecule has 1 saturated heterocycles. The van der Waals surface area contributed by atoms with E-state index in [2.05, 4.69) is 57.7 Å². The van der Waals surface area contributed by atoms with E-state index in [0.717, 1.165) is 25.9 Å². The Morgan fingerprint density at radius 1 is 0.894 bits per heavy atom. The lowest BCUT2D eigenvalue weighted by Crippen LogP contribution is -2.52. The summed E-state index contributed by atoms with van der Waals surface area (Å²) in [4.78, 5) is 28.6. The molecule has 47 heavy (non-hydrogen) atoms. The van der Waals surface area contributed by atoms with E-state index in [9.17, 15) is 9.59 Å². The monoisotopic (exact) mass is 645 g/mol. The molecule has 4 aliphatic carbocycles. The van der Waals surface area contributed by atoms with E-state index in [1.165, 1.54) is 88.9 Å². The second-order valence-corrected chi connectivity index (χ2v) is 17.2. The van der Waals surface area contributed by atoms with Crippen molar-refractivity contribution in [1.29, 1.82) is 0 Å². The molecular formula is C42H63NO4. The lowest BCUT2D eigenvalue weighted by Gasteiger charge is -2.57. The van der Waals surface area contributed by atoms with Gasteiger partial charge in [0, 0.05) is 19.0 Å². The van der Waals surface area contributed by atoms with Crippen LogP contribution in [0.25, 0.3) is 5.57 Å². The summed E-state index contributed by atoms with van der Waals surface area (Å²) in [6, 6.07) is 8.11. The zero-order valence-corrected chi connectivity index (χ0v) is 30.5. The number of methoxy groups -OCH3 is 1. The van der Waals surface area contributed by atoms with E-state index in [1.807, 2.05) is 12.1 Å². The van der Waals surface area contributed by atoms with Gasteiger partial charge in [0.25, 0.3) is 0 Å². The Morgan fingerprint density at radius 2 is 1.62 bits per heavy atom. The summed E-state index contributed by atoms with van der Waals surface area (Å²) in [5.74, 6) is 3.51. The summed E-state index contributed by atoms with van der Waals surface area (Å²) in [5, 5.41) is 0. The number of nitrogens with zero attached hydrogens (tertiary/aromatic N) is 1. The van der Waals surface area contributed by atoms with Crippen LogP contribution in [0.1, 0.15) is 134 Å². The highest BCUT2D eigenvalue weighted by Crippen LogP contribution is 2.63. The van der Waals surface area contributed by atoms with Gasteiger partial charge in [-0.2, -0.15) is 0 Å². The normalized spacial score (nSPS) is 37.7. The van der Waals surface area contributed by atoms with Gasteiger partial charge in [-0.25, -0.2) is 4.79 Å². The molecule has 260 valence electrons. The first kappa shape index (κ1) is 34.7. The minimum atomic E-state index is -0.277. The average molecular weight is 646 g/mol. The minimum Gasteiger partial charge on any atom is -0.465 e. The van der Waals surface area contributed by atoms with Crippen molar-refractivity contribution in [2.24, 2.45) is 51.8 Å². The van der Waals surface area contributed by atoms with E-state index in [1.54, 1.807) is 0 Å². The van der Waals surface area contributed by atoms with Gasteiger partial charge in [0.1, 0.15) is 0 Å². The maximum Gasteiger partial charge on any atom is 0.337 e. The van der Waals surface area contributed by atoms with Gasteiger partial charge >= 0.3 is 5.97 Å². The van der Waals surface area contributed by atoms with Gasteiger partial charge in [-0.15, -0.1) is 0 Å². The molecule has 1 aromatic carbocycles. The van der Waals surface area contributed by atoms with Gasteiger partial charge in [-0.1, -0.05) is 84.9 Å². The molecule has 1 aliphatic heterocycles. The van der Waals surface area contributed by atoms with Gasteiger partial charge < -0.3 is 14.4 Å². The lowest BCUT2D eigenvalue weighted by molar-refractivity contribution is -0.147. The van der Waals surface area contributed by atoms with Crippen molar-refractivity contribution in [3.8, 4) is 0 Å². The van der Waals surface area contributed by atoms with Gasteiger partial charge in [0.2, 0.25) is 5.91 Å². The van der Waals surface area contributed by atoms with Crippen LogP contribution in [0, 0.1) is 51.8 Å². The Labute approximate surface area is 285 Å². The first-order chi connectivity index (χ1) is 22.5. The van der Waals surface area contributed by atoms with Gasteiger partial charge in [0.05, 0.1) is 25.9 Å². The number of carbonyl (C=O) groups excluding carboxylic acids is 2. The number of rotatable bonds is 4. The van der Waals surface area contributed by atoms with Gasteiger partial charge in [-0.05, 0) is 120 Å². The number of amides is 1. The second-order valence-electron chi connectivity index (χ2n) is 17.2. The Kier molecular flexibility index (Phi) is 10.3. The van der Waals surface area contributed by atoms with E-state index in [0.29, 0.717) is 59.7 Å². The highest BCUT2D eigenvalue weighted by molar-refractivity contribution is 5.90. The number of hydrogen-bond acceptors (Lipinski definition) is 4.